The van der Waals surface area contributed by atoms with Gasteiger partial charge in [0.15, 0.2) is 5.82 Å². The standard InChI is InChI=1S/C17H17ClFN/c1-17(2)10-11-6-3-4-7-12(11)16(17)20-14-9-5-8-13(18)15(14)19/h3-9,16,20H,10H2,1-2H3. The molecular weight excluding hydrogens is 273 g/mol. The Morgan fingerprint density at radius 1 is 1.15 bits per heavy atom. The second-order valence-corrected chi connectivity index (χ2v) is 6.45. The predicted octanol–water partition coefficient (Wildman–Crippen LogP) is 5.21. The molecule has 1 nitrogen and oxygen atoms in total. The Morgan fingerprint density at radius 3 is 2.70 bits per heavy atom. The quantitative estimate of drug-likeness (QED) is 0.800. The SMILES string of the molecule is CC1(C)Cc2ccccc2C1Nc1cccc(Cl)c1F. The van der Waals surface area contributed by atoms with Crippen molar-refractivity contribution in [1.29, 1.82) is 0 Å². The van der Waals surface area contributed by atoms with Crippen molar-refractivity contribution in [2.45, 2.75) is 26.3 Å². The molecule has 0 aliphatic heterocycles. The molecule has 1 unspecified atom stereocenters. The van der Waals surface area contributed by atoms with Gasteiger partial charge >= 0.3 is 0 Å². The number of nitrogens with one attached hydrogen (secondary N) is 1. The molecule has 0 aromatic heterocycles. The third-order valence-electron chi connectivity index (χ3n) is 4.05. The fourth-order valence-corrected chi connectivity index (χ4v) is 3.21. The Kier molecular flexibility index (Phi) is 3.21. The molecule has 2 aromatic carbocycles. The average molecular weight is 290 g/mol. The molecule has 0 saturated heterocycles. The van der Waals surface area contributed by atoms with E-state index in [4.69, 9.17) is 11.6 Å². The molecule has 0 saturated carbocycles. The van der Waals surface area contributed by atoms with E-state index in [9.17, 15) is 4.39 Å². The highest BCUT2D eigenvalue weighted by molar-refractivity contribution is 6.31. The molecule has 1 atom stereocenters. The van der Waals surface area contributed by atoms with E-state index in [1.165, 1.54) is 11.1 Å². The van der Waals surface area contributed by atoms with Gasteiger partial charge in [0.1, 0.15) is 0 Å². The molecule has 0 radical (unpaired) electrons. The summed E-state index contributed by atoms with van der Waals surface area (Å²) in [6.07, 6.45) is 0.989. The molecule has 0 spiro atoms. The van der Waals surface area contributed by atoms with Gasteiger partial charge in [-0.05, 0) is 35.1 Å². The van der Waals surface area contributed by atoms with Crippen molar-refractivity contribution in [1.82, 2.24) is 0 Å². The average Bonchev–Trinajstić information content (AvgIpc) is 2.66. The van der Waals surface area contributed by atoms with Gasteiger partial charge in [-0.15, -0.1) is 0 Å². The summed E-state index contributed by atoms with van der Waals surface area (Å²) in [5, 5.41) is 3.49. The summed E-state index contributed by atoms with van der Waals surface area (Å²) in [6, 6.07) is 13.5. The molecule has 0 fully saturated rings. The lowest BCUT2D eigenvalue weighted by Gasteiger charge is -2.29. The van der Waals surface area contributed by atoms with Gasteiger partial charge in [-0.1, -0.05) is 55.8 Å². The monoisotopic (exact) mass is 289 g/mol. The van der Waals surface area contributed by atoms with E-state index in [1.54, 1.807) is 18.2 Å². The largest absolute Gasteiger partial charge is 0.375 e. The van der Waals surface area contributed by atoms with Crippen molar-refractivity contribution in [2.24, 2.45) is 5.41 Å². The molecule has 1 N–H and O–H groups in total. The van der Waals surface area contributed by atoms with E-state index in [0.717, 1.165) is 6.42 Å². The van der Waals surface area contributed by atoms with Gasteiger partial charge in [-0.2, -0.15) is 0 Å². The Morgan fingerprint density at radius 2 is 1.90 bits per heavy atom. The number of rotatable bonds is 2. The fraction of sp³-hybridized carbons (Fsp3) is 0.294. The van der Waals surface area contributed by atoms with Gasteiger partial charge in [-0.25, -0.2) is 4.39 Å². The highest BCUT2D eigenvalue weighted by Gasteiger charge is 2.38. The summed E-state index contributed by atoms with van der Waals surface area (Å²) in [5.41, 5.74) is 3.08. The van der Waals surface area contributed by atoms with Gasteiger partial charge < -0.3 is 5.32 Å². The minimum atomic E-state index is -0.380. The molecule has 20 heavy (non-hydrogen) atoms. The van der Waals surface area contributed by atoms with Gasteiger partial charge in [0.2, 0.25) is 0 Å². The van der Waals surface area contributed by atoms with Crippen molar-refractivity contribution < 1.29 is 4.39 Å². The van der Waals surface area contributed by atoms with E-state index >= 15 is 0 Å². The minimum absolute atomic E-state index is 0.0401. The number of hydrogen-bond acceptors (Lipinski definition) is 1. The third kappa shape index (κ3) is 2.18. The van der Waals surface area contributed by atoms with Gasteiger partial charge in [-0.3, -0.25) is 0 Å². The molecule has 2 aromatic rings. The first kappa shape index (κ1) is 13.4. The van der Waals surface area contributed by atoms with E-state index < -0.39 is 0 Å². The van der Waals surface area contributed by atoms with Gasteiger partial charge in [0.25, 0.3) is 0 Å². The summed E-state index contributed by atoms with van der Waals surface area (Å²) >= 11 is 5.86. The van der Waals surface area contributed by atoms with E-state index in [2.05, 4.69) is 37.4 Å². The van der Waals surface area contributed by atoms with Crippen LogP contribution in [0.3, 0.4) is 0 Å². The summed E-state index contributed by atoms with van der Waals surface area (Å²) in [7, 11) is 0. The van der Waals surface area contributed by atoms with Gasteiger partial charge in [0.05, 0.1) is 16.8 Å². The van der Waals surface area contributed by atoms with Crippen LogP contribution in [0.4, 0.5) is 10.1 Å². The molecule has 0 bridgehead atoms. The molecule has 0 amide bonds. The maximum absolute atomic E-state index is 14.1. The van der Waals surface area contributed by atoms with Crippen LogP contribution in [0.15, 0.2) is 42.5 Å². The summed E-state index contributed by atoms with van der Waals surface area (Å²) in [5.74, 6) is -0.380. The maximum Gasteiger partial charge on any atom is 0.164 e. The van der Waals surface area contributed by atoms with Crippen LogP contribution in [0.2, 0.25) is 5.02 Å². The first-order valence-corrected chi connectivity index (χ1v) is 7.15. The normalized spacial score (nSPS) is 19.7. The van der Waals surface area contributed by atoms with Gasteiger partial charge in [0, 0.05) is 0 Å². The Hall–Kier alpha value is -1.54. The Bertz CT molecular complexity index is 651. The van der Waals surface area contributed by atoms with Crippen LogP contribution in [0.5, 0.6) is 0 Å². The first-order chi connectivity index (χ1) is 9.49. The van der Waals surface area contributed by atoms with Crippen LogP contribution in [-0.2, 0) is 6.42 Å². The number of benzene rings is 2. The second kappa shape index (κ2) is 4.78. The smallest absolute Gasteiger partial charge is 0.164 e. The summed E-state index contributed by atoms with van der Waals surface area (Å²) in [6.45, 7) is 4.40. The molecular formula is C17H17ClFN. The van der Waals surface area contributed by atoms with Crippen LogP contribution in [0.1, 0.15) is 31.0 Å². The zero-order chi connectivity index (χ0) is 14.3. The zero-order valence-corrected chi connectivity index (χ0v) is 12.3. The van der Waals surface area contributed by atoms with Crippen LogP contribution >= 0.6 is 11.6 Å². The number of hydrogen-bond donors (Lipinski definition) is 1. The minimum Gasteiger partial charge on any atom is -0.375 e. The third-order valence-corrected chi connectivity index (χ3v) is 4.34. The van der Waals surface area contributed by atoms with Crippen molar-refractivity contribution in [3.8, 4) is 0 Å². The molecule has 104 valence electrons. The number of fused-ring (bicyclic) bond motifs is 1. The summed E-state index contributed by atoms with van der Waals surface area (Å²) < 4.78 is 14.1. The molecule has 1 aliphatic rings. The lowest BCUT2D eigenvalue weighted by molar-refractivity contribution is 0.336. The maximum atomic E-state index is 14.1. The number of halogens is 2. The van der Waals surface area contributed by atoms with Crippen LogP contribution in [0.25, 0.3) is 0 Å². The molecule has 3 heteroatoms. The van der Waals surface area contributed by atoms with E-state index in [0.29, 0.717) is 5.69 Å². The molecule has 0 heterocycles. The van der Waals surface area contributed by atoms with Crippen LogP contribution in [-0.4, -0.2) is 0 Å². The lowest BCUT2D eigenvalue weighted by Crippen LogP contribution is -2.25. The van der Waals surface area contributed by atoms with E-state index in [1.807, 2.05) is 6.07 Å². The lowest BCUT2D eigenvalue weighted by atomic mass is 9.85. The van der Waals surface area contributed by atoms with Crippen molar-refractivity contribution in [2.75, 3.05) is 5.32 Å². The van der Waals surface area contributed by atoms with Crippen LogP contribution < -0.4 is 5.32 Å². The predicted molar refractivity (Wildman–Crippen MR) is 81.7 cm³/mol. The Balaban J connectivity index is 1.99. The van der Waals surface area contributed by atoms with E-state index in [-0.39, 0.29) is 22.3 Å². The molecule has 1 aliphatic carbocycles. The highest BCUT2D eigenvalue weighted by Crippen LogP contribution is 2.47. The topological polar surface area (TPSA) is 12.0 Å². The Labute approximate surface area is 123 Å². The van der Waals surface area contributed by atoms with Crippen molar-refractivity contribution in [3.63, 3.8) is 0 Å². The number of anilines is 1. The fourth-order valence-electron chi connectivity index (χ4n) is 3.03. The van der Waals surface area contributed by atoms with Crippen LogP contribution in [0, 0.1) is 11.2 Å². The van der Waals surface area contributed by atoms with Crippen molar-refractivity contribution >= 4 is 17.3 Å². The zero-order valence-electron chi connectivity index (χ0n) is 11.6. The molecule has 3 rings (SSSR count). The highest BCUT2D eigenvalue weighted by atomic mass is 35.5. The second-order valence-electron chi connectivity index (χ2n) is 6.04. The summed E-state index contributed by atoms with van der Waals surface area (Å²) in [4.78, 5) is 0. The first-order valence-electron chi connectivity index (χ1n) is 6.77. The van der Waals surface area contributed by atoms with Crippen molar-refractivity contribution in [3.05, 3.63) is 64.4 Å².